The van der Waals surface area contributed by atoms with Crippen LogP contribution in [0.1, 0.15) is 34.3 Å². The van der Waals surface area contributed by atoms with Gasteiger partial charge in [0.25, 0.3) is 0 Å². The summed E-state index contributed by atoms with van der Waals surface area (Å²) in [6.07, 6.45) is 1.66. The van der Waals surface area contributed by atoms with Crippen molar-refractivity contribution < 1.29 is 9.53 Å². The third kappa shape index (κ3) is 5.09. The number of carbonyl (C=O) groups excluding carboxylic acids is 1. The molecule has 0 aliphatic heterocycles. The van der Waals surface area contributed by atoms with Gasteiger partial charge in [-0.15, -0.1) is 0 Å². The molecule has 3 rings (SSSR count). The predicted octanol–water partition coefficient (Wildman–Crippen LogP) is 5.13. The van der Waals surface area contributed by atoms with E-state index in [1.54, 1.807) is 12.1 Å². The predicted molar refractivity (Wildman–Crippen MR) is 104 cm³/mol. The largest absolute Gasteiger partial charge is 0.494 e. The molecule has 3 aromatic rings. The van der Waals surface area contributed by atoms with Gasteiger partial charge in [-0.1, -0.05) is 60.4 Å². The third-order valence-electron chi connectivity index (χ3n) is 3.87. The minimum Gasteiger partial charge on any atom is -0.494 e. The quantitative estimate of drug-likeness (QED) is 0.353. The maximum absolute atomic E-state index is 12.4. The average Bonchev–Trinajstić information content (AvgIpc) is 2.72. The normalized spacial score (nSPS) is 9.85. The van der Waals surface area contributed by atoms with Crippen LogP contribution in [0.3, 0.4) is 0 Å². The highest BCUT2D eigenvalue weighted by Gasteiger charge is 2.08. The third-order valence-corrected chi connectivity index (χ3v) is 3.87. The van der Waals surface area contributed by atoms with E-state index in [2.05, 4.69) is 11.8 Å². The van der Waals surface area contributed by atoms with E-state index in [4.69, 9.17) is 4.74 Å². The van der Waals surface area contributed by atoms with Crippen LogP contribution in [0, 0.1) is 11.8 Å². The van der Waals surface area contributed by atoms with Crippen molar-refractivity contribution >= 4 is 5.78 Å². The first kappa shape index (κ1) is 17.5. The number of ketones is 1. The lowest BCUT2D eigenvalue weighted by atomic mass is 10.0. The van der Waals surface area contributed by atoms with Crippen LogP contribution in [0.15, 0.2) is 84.9 Å². The summed E-state index contributed by atoms with van der Waals surface area (Å²) in [6.45, 7) is 0.607. The van der Waals surface area contributed by atoms with Gasteiger partial charge in [-0.3, -0.25) is 4.79 Å². The number of hydrogen-bond acceptors (Lipinski definition) is 2. The molecular formula is C24H20O2. The van der Waals surface area contributed by atoms with Gasteiger partial charge >= 0.3 is 0 Å². The van der Waals surface area contributed by atoms with Crippen LogP contribution in [-0.4, -0.2) is 12.4 Å². The molecule has 0 fully saturated rings. The van der Waals surface area contributed by atoms with Crippen LogP contribution < -0.4 is 4.74 Å². The van der Waals surface area contributed by atoms with E-state index in [1.807, 2.05) is 72.8 Å². The van der Waals surface area contributed by atoms with E-state index in [9.17, 15) is 4.79 Å². The molecule has 2 nitrogen and oxygen atoms in total. The lowest BCUT2D eigenvalue weighted by Gasteiger charge is -2.06. The summed E-state index contributed by atoms with van der Waals surface area (Å²) in [6, 6.07) is 26.5. The van der Waals surface area contributed by atoms with Gasteiger partial charge in [0, 0.05) is 23.1 Å². The van der Waals surface area contributed by atoms with Crippen molar-refractivity contribution in [3.8, 4) is 17.6 Å². The molecule has 26 heavy (non-hydrogen) atoms. The summed E-state index contributed by atoms with van der Waals surface area (Å²) in [4.78, 5) is 12.4. The smallest absolute Gasteiger partial charge is 0.193 e. The highest BCUT2D eigenvalue weighted by molar-refractivity contribution is 6.08. The zero-order valence-corrected chi connectivity index (χ0v) is 14.5. The second-order valence-corrected chi connectivity index (χ2v) is 5.84. The fourth-order valence-corrected chi connectivity index (χ4v) is 2.50. The van der Waals surface area contributed by atoms with Crippen molar-refractivity contribution in [3.63, 3.8) is 0 Å². The number of benzene rings is 3. The highest BCUT2D eigenvalue weighted by Crippen LogP contribution is 2.15. The minimum atomic E-state index is 0.0216. The van der Waals surface area contributed by atoms with Crippen LogP contribution in [0.4, 0.5) is 0 Å². The van der Waals surface area contributed by atoms with E-state index in [0.29, 0.717) is 17.7 Å². The second-order valence-electron chi connectivity index (χ2n) is 5.84. The molecule has 0 saturated heterocycles. The summed E-state index contributed by atoms with van der Waals surface area (Å²) in [7, 11) is 0. The van der Waals surface area contributed by atoms with E-state index in [1.165, 1.54) is 0 Å². The number of ether oxygens (including phenoxy) is 1. The first-order chi connectivity index (χ1) is 12.8. The van der Waals surface area contributed by atoms with Crippen molar-refractivity contribution in [2.75, 3.05) is 6.61 Å². The summed E-state index contributed by atoms with van der Waals surface area (Å²) in [5.41, 5.74) is 2.39. The van der Waals surface area contributed by atoms with Gasteiger partial charge in [-0.25, -0.2) is 0 Å². The highest BCUT2D eigenvalue weighted by atomic mass is 16.5. The van der Waals surface area contributed by atoms with Crippen molar-refractivity contribution in [2.45, 2.75) is 12.8 Å². The Labute approximate surface area is 154 Å². The van der Waals surface area contributed by atoms with Gasteiger partial charge in [0.1, 0.15) is 5.75 Å². The Morgan fingerprint density at radius 1 is 0.769 bits per heavy atom. The van der Waals surface area contributed by atoms with Gasteiger partial charge in [0.15, 0.2) is 5.78 Å². The number of rotatable bonds is 6. The Morgan fingerprint density at radius 3 is 2.08 bits per heavy atom. The Hall–Kier alpha value is -3.31. The molecule has 0 saturated carbocycles. The summed E-state index contributed by atoms with van der Waals surface area (Å²) >= 11 is 0. The molecule has 128 valence electrons. The van der Waals surface area contributed by atoms with Crippen molar-refractivity contribution in [3.05, 3.63) is 102 Å². The summed E-state index contributed by atoms with van der Waals surface area (Å²) in [5.74, 6) is 7.08. The number of carbonyl (C=O) groups is 1. The zero-order valence-electron chi connectivity index (χ0n) is 14.5. The first-order valence-corrected chi connectivity index (χ1v) is 8.69. The fourth-order valence-electron chi connectivity index (χ4n) is 2.50. The molecule has 0 heterocycles. The van der Waals surface area contributed by atoms with E-state index in [-0.39, 0.29) is 5.78 Å². The van der Waals surface area contributed by atoms with Crippen LogP contribution in [0.25, 0.3) is 0 Å². The van der Waals surface area contributed by atoms with E-state index >= 15 is 0 Å². The van der Waals surface area contributed by atoms with Crippen molar-refractivity contribution in [1.29, 1.82) is 0 Å². The standard InChI is InChI=1S/C24H20O2/c25-24(21-13-7-2-8-14-21)22-15-17-23(18-16-22)26-19-9-3-6-12-20-10-4-1-5-11-20/h1-2,4-5,7-8,10-11,13-18H,3,9,19H2. The van der Waals surface area contributed by atoms with E-state index < -0.39 is 0 Å². The molecule has 2 heteroatoms. The molecule has 0 aromatic heterocycles. The zero-order chi connectivity index (χ0) is 18.0. The topological polar surface area (TPSA) is 26.3 Å². The Bertz CT molecular complexity index is 886. The monoisotopic (exact) mass is 340 g/mol. The molecule has 0 radical (unpaired) electrons. The lowest BCUT2D eigenvalue weighted by Crippen LogP contribution is -2.01. The summed E-state index contributed by atoms with van der Waals surface area (Å²) in [5, 5.41) is 0. The van der Waals surface area contributed by atoms with Gasteiger partial charge in [0.2, 0.25) is 0 Å². The molecule has 0 amide bonds. The Morgan fingerprint density at radius 2 is 1.38 bits per heavy atom. The van der Waals surface area contributed by atoms with Crippen LogP contribution in [0.5, 0.6) is 5.75 Å². The van der Waals surface area contributed by atoms with Gasteiger partial charge in [0.05, 0.1) is 6.61 Å². The maximum Gasteiger partial charge on any atom is 0.193 e. The Balaban J connectivity index is 1.45. The Kier molecular flexibility index (Phi) is 6.23. The molecule has 0 atom stereocenters. The number of unbranched alkanes of at least 4 members (excludes halogenated alkanes) is 1. The molecule has 0 spiro atoms. The maximum atomic E-state index is 12.4. The first-order valence-electron chi connectivity index (χ1n) is 8.69. The number of hydrogen-bond donors (Lipinski definition) is 0. The van der Waals surface area contributed by atoms with Crippen molar-refractivity contribution in [1.82, 2.24) is 0 Å². The SMILES string of the molecule is O=C(c1ccccc1)c1ccc(OCCCC#Cc2ccccc2)cc1. The van der Waals surface area contributed by atoms with Gasteiger partial charge in [-0.05, 0) is 42.8 Å². The van der Waals surface area contributed by atoms with Crippen LogP contribution in [0.2, 0.25) is 0 Å². The van der Waals surface area contributed by atoms with Crippen LogP contribution >= 0.6 is 0 Å². The molecule has 0 aliphatic rings. The second kappa shape index (κ2) is 9.25. The van der Waals surface area contributed by atoms with Gasteiger partial charge < -0.3 is 4.74 Å². The fraction of sp³-hybridized carbons (Fsp3) is 0.125. The minimum absolute atomic E-state index is 0.0216. The molecule has 0 N–H and O–H groups in total. The lowest BCUT2D eigenvalue weighted by molar-refractivity contribution is 0.103. The van der Waals surface area contributed by atoms with Crippen molar-refractivity contribution in [2.24, 2.45) is 0 Å². The molecule has 3 aromatic carbocycles. The molecule has 0 aliphatic carbocycles. The molecular weight excluding hydrogens is 320 g/mol. The van der Waals surface area contributed by atoms with E-state index in [0.717, 1.165) is 24.2 Å². The molecule has 0 bridgehead atoms. The summed E-state index contributed by atoms with van der Waals surface area (Å²) < 4.78 is 5.72. The molecule has 0 unspecified atom stereocenters. The van der Waals surface area contributed by atoms with Crippen LogP contribution in [-0.2, 0) is 0 Å². The van der Waals surface area contributed by atoms with Gasteiger partial charge in [-0.2, -0.15) is 0 Å². The average molecular weight is 340 g/mol.